The Bertz CT molecular complexity index is 2840. The third-order valence-electron chi connectivity index (χ3n) is 12.1. The van der Waals surface area contributed by atoms with Crippen LogP contribution in [0.2, 0.25) is 0 Å². The molecule has 8 heteroatoms. The summed E-state index contributed by atoms with van der Waals surface area (Å²) in [6, 6.07) is 47.8. The molecule has 0 N–H and O–H groups in total. The van der Waals surface area contributed by atoms with Gasteiger partial charge in [-0.05, 0) is 140 Å². The van der Waals surface area contributed by atoms with Crippen LogP contribution < -0.4 is 9.47 Å². The van der Waals surface area contributed by atoms with E-state index in [1.807, 2.05) is 24.3 Å². The maximum absolute atomic E-state index is 14.9. The molecule has 0 bridgehead atoms. The Balaban J connectivity index is 0.000000199. The van der Waals surface area contributed by atoms with Crippen molar-refractivity contribution >= 4 is 21.5 Å². The van der Waals surface area contributed by atoms with Crippen molar-refractivity contribution in [3.05, 3.63) is 180 Å². The van der Waals surface area contributed by atoms with Gasteiger partial charge < -0.3 is 9.47 Å². The molecule has 0 aliphatic rings. The molecule has 0 unspecified atom stereocenters. The van der Waals surface area contributed by atoms with Gasteiger partial charge in [-0.2, -0.15) is 17.6 Å². The van der Waals surface area contributed by atoms with Gasteiger partial charge >= 0.3 is 13.2 Å². The summed E-state index contributed by atoms with van der Waals surface area (Å²) in [5.74, 6) is -0.631. The van der Waals surface area contributed by atoms with Crippen LogP contribution in [0.3, 0.4) is 0 Å². The molecule has 0 saturated carbocycles. The van der Waals surface area contributed by atoms with Crippen molar-refractivity contribution in [2.45, 2.75) is 97.7 Å². The van der Waals surface area contributed by atoms with E-state index in [4.69, 9.17) is 0 Å². The third-order valence-corrected chi connectivity index (χ3v) is 12.1. The molecule has 0 spiro atoms. The van der Waals surface area contributed by atoms with Gasteiger partial charge in [0.05, 0.1) is 0 Å². The van der Waals surface area contributed by atoms with Gasteiger partial charge in [0, 0.05) is 11.1 Å². The SMILES string of the molecule is CCCCCCCc1ccc2cc(-c3ccc(-c4ccc(OC(F)F)cc4)c(F)c3)ccc2c1.CCCCCCc1ccc2cc(-c3ccc(-c4ccc(OC(F)F)cc4)c(F)c3)ccc2c1. The molecule has 0 aliphatic heterocycles. The van der Waals surface area contributed by atoms with Gasteiger partial charge in [0.1, 0.15) is 23.1 Å². The van der Waals surface area contributed by atoms with Crippen LogP contribution in [0.1, 0.15) is 82.8 Å². The first-order valence-corrected chi connectivity index (χ1v) is 23.3. The van der Waals surface area contributed by atoms with Gasteiger partial charge in [-0.15, -0.1) is 0 Å². The highest BCUT2D eigenvalue weighted by atomic mass is 19.3. The predicted octanol–water partition coefficient (Wildman–Crippen LogP) is 18.5. The molecule has 67 heavy (non-hydrogen) atoms. The Morgan fingerprint density at radius 3 is 1.06 bits per heavy atom. The number of alkyl halides is 4. The molecule has 346 valence electrons. The van der Waals surface area contributed by atoms with Crippen LogP contribution in [-0.4, -0.2) is 13.2 Å². The summed E-state index contributed by atoms with van der Waals surface area (Å²) < 4.78 is 87.9. The monoisotopic (exact) mass is 910 g/mol. The van der Waals surface area contributed by atoms with E-state index >= 15 is 0 Å². The number of hydrogen-bond acceptors (Lipinski definition) is 2. The van der Waals surface area contributed by atoms with Crippen LogP contribution in [0.4, 0.5) is 26.3 Å². The molecule has 8 rings (SSSR count). The first kappa shape index (κ1) is 48.4. The van der Waals surface area contributed by atoms with Gasteiger partial charge in [-0.25, -0.2) is 8.78 Å². The molecular weight excluding hydrogens is 855 g/mol. The molecule has 0 radical (unpaired) electrons. The number of benzene rings is 8. The normalized spacial score (nSPS) is 11.3. The minimum Gasteiger partial charge on any atom is -0.435 e. The number of ether oxygens (including phenoxy) is 2. The lowest BCUT2D eigenvalue weighted by molar-refractivity contribution is -0.0505. The second-order valence-electron chi connectivity index (χ2n) is 17.0. The van der Waals surface area contributed by atoms with Crippen LogP contribution in [-0.2, 0) is 12.8 Å². The predicted molar refractivity (Wildman–Crippen MR) is 263 cm³/mol. The number of rotatable bonds is 19. The maximum Gasteiger partial charge on any atom is 0.387 e. The summed E-state index contributed by atoms with van der Waals surface area (Å²) in [5, 5.41) is 4.64. The fourth-order valence-corrected chi connectivity index (χ4v) is 8.44. The quantitative estimate of drug-likeness (QED) is 0.0594. The smallest absolute Gasteiger partial charge is 0.387 e. The van der Waals surface area contributed by atoms with Crippen LogP contribution in [0, 0.1) is 11.6 Å². The fourth-order valence-electron chi connectivity index (χ4n) is 8.44. The van der Waals surface area contributed by atoms with Crippen molar-refractivity contribution in [3.8, 4) is 56.0 Å². The van der Waals surface area contributed by atoms with Crippen molar-refractivity contribution in [2.24, 2.45) is 0 Å². The van der Waals surface area contributed by atoms with E-state index in [0.29, 0.717) is 22.3 Å². The van der Waals surface area contributed by atoms with E-state index in [0.717, 1.165) is 45.9 Å². The summed E-state index contributed by atoms with van der Waals surface area (Å²) in [7, 11) is 0. The molecule has 8 aromatic carbocycles. The Morgan fingerprint density at radius 1 is 0.343 bits per heavy atom. The van der Waals surface area contributed by atoms with Crippen molar-refractivity contribution in [3.63, 3.8) is 0 Å². The zero-order valence-corrected chi connectivity index (χ0v) is 38.0. The average molecular weight is 911 g/mol. The topological polar surface area (TPSA) is 18.5 Å². The third kappa shape index (κ3) is 13.5. The summed E-state index contributed by atoms with van der Waals surface area (Å²) in [6.07, 6.45) is 13.6. The van der Waals surface area contributed by atoms with Gasteiger partial charge in [0.15, 0.2) is 0 Å². The van der Waals surface area contributed by atoms with Gasteiger partial charge in [0.25, 0.3) is 0 Å². The first-order chi connectivity index (χ1) is 32.6. The van der Waals surface area contributed by atoms with E-state index in [-0.39, 0.29) is 23.1 Å². The van der Waals surface area contributed by atoms with E-state index in [1.54, 1.807) is 36.4 Å². The van der Waals surface area contributed by atoms with E-state index < -0.39 is 13.2 Å². The van der Waals surface area contributed by atoms with Crippen molar-refractivity contribution in [2.75, 3.05) is 0 Å². The van der Waals surface area contributed by atoms with Gasteiger partial charge in [-0.3, -0.25) is 0 Å². The minimum absolute atomic E-state index is 0.0473. The molecule has 0 aromatic heterocycles. The molecule has 0 heterocycles. The average Bonchev–Trinajstić information content (AvgIpc) is 3.33. The molecule has 0 atom stereocenters. The summed E-state index contributed by atoms with van der Waals surface area (Å²) in [5.41, 5.74) is 8.23. The Morgan fingerprint density at radius 2 is 0.672 bits per heavy atom. The lowest BCUT2D eigenvalue weighted by Crippen LogP contribution is -2.01. The van der Waals surface area contributed by atoms with E-state index in [2.05, 4.69) is 84.0 Å². The molecule has 0 aliphatic carbocycles. The highest BCUT2D eigenvalue weighted by Gasteiger charge is 2.12. The number of aryl methyl sites for hydroxylation is 2. The summed E-state index contributed by atoms with van der Waals surface area (Å²) in [4.78, 5) is 0. The number of fused-ring (bicyclic) bond motifs is 2. The standard InChI is InChI=1S/C30H29F3O.C29H27F3O/c1-2-3-4-5-6-7-21-8-9-24-19-25(11-10-23(24)18-21)26-14-17-28(29(31)20-26)22-12-15-27(16-13-22)34-30(32)33;1-2-3-4-5-6-20-7-8-23-18-24(10-9-22(23)17-20)25-13-16-27(28(30)19-25)21-11-14-26(15-12-21)33-29(31)32/h8-20,30H,2-7H2,1H3;7-19,29H,2-6H2,1H3. The minimum atomic E-state index is -2.88. The molecular formula is C59H56F6O2. The van der Waals surface area contributed by atoms with Crippen LogP contribution in [0.15, 0.2) is 158 Å². The number of unbranched alkanes of at least 4 members (excludes halogenated alkanes) is 7. The zero-order chi connectivity index (χ0) is 47.1. The lowest BCUT2D eigenvalue weighted by Gasteiger charge is -2.10. The van der Waals surface area contributed by atoms with E-state index in [1.165, 1.54) is 116 Å². The molecule has 0 fully saturated rings. The zero-order valence-electron chi connectivity index (χ0n) is 38.0. The molecule has 0 amide bonds. The Hall–Kier alpha value is -6.54. The van der Waals surface area contributed by atoms with Crippen molar-refractivity contribution in [1.29, 1.82) is 0 Å². The highest BCUT2D eigenvalue weighted by molar-refractivity contribution is 5.89. The summed E-state index contributed by atoms with van der Waals surface area (Å²) in [6.45, 7) is -1.31. The highest BCUT2D eigenvalue weighted by Crippen LogP contribution is 2.33. The molecule has 8 aromatic rings. The number of halogens is 6. The largest absolute Gasteiger partial charge is 0.435 e. The lowest BCUT2D eigenvalue weighted by atomic mass is 9.96. The van der Waals surface area contributed by atoms with Crippen LogP contribution in [0.25, 0.3) is 66.1 Å². The maximum atomic E-state index is 14.9. The number of hydrogen-bond donors (Lipinski definition) is 0. The summed E-state index contributed by atoms with van der Waals surface area (Å²) >= 11 is 0. The first-order valence-electron chi connectivity index (χ1n) is 23.3. The second kappa shape index (κ2) is 23.8. The Kier molecular flexibility index (Phi) is 17.2. The van der Waals surface area contributed by atoms with Crippen molar-refractivity contribution < 1.29 is 35.8 Å². The van der Waals surface area contributed by atoms with Crippen LogP contribution >= 0.6 is 0 Å². The second-order valence-corrected chi connectivity index (χ2v) is 17.0. The fraction of sp³-hybridized carbons (Fsp3) is 0.254. The Labute approximate surface area is 390 Å². The molecule has 0 saturated heterocycles. The van der Waals surface area contributed by atoms with Crippen LogP contribution in [0.5, 0.6) is 11.5 Å². The van der Waals surface area contributed by atoms with Crippen molar-refractivity contribution in [1.82, 2.24) is 0 Å². The van der Waals surface area contributed by atoms with Gasteiger partial charge in [0.2, 0.25) is 0 Å². The molecule has 2 nitrogen and oxygen atoms in total. The van der Waals surface area contributed by atoms with Gasteiger partial charge in [-0.1, -0.05) is 168 Å². The van der Waals surface area contributed by atoms with E-state index in [9.17, 15) is 26.3 Å².